The minimum absolute atomic E-state index is 0.0420. The van der Waals surface area contributed by atoms with Crippen molar-refractivity contribution in [3.8, 4) is 6.07 Å². The Labute approximate surface area is 109 Å². The SMILES string of the molecule is Cc1ccc(CCN(C)C(=O)CCC#N)cc1C. The van der Waals surface area contributed by atoms with Crippen LogP contribution in [0.2, 0.25) is 0 Å². The highest BCUT2D eigenvalue weighted by molar-refractivity contribution is 5.76. The first kappa shape index (κ1) is 14.2. The number of hydrogen-bond donors (Lipinski definition) is 0. The Morgan fingerprint density at radius 3 is 2.67 bits per heavy atom. The number of aryl methyl sites for hydroxylation is 2. The average Bonchev–Trinajstić information content (AvgIpc) is 2.36. The summed E-state index contributed by atoms with van der Waals surface area (Å²) in [5.74, 6) is 0.0420. The monoisotopic (exact) mass is 244 g/mol. The molecule has 0 unspecified atom stereocenters. The van der Waals surface area contributed by atoms with Crippen molar-refractivity contribution < 1.29 is 4.79 Å². The van der Waals surface area contributed by atoms with Crippen LogP contribution in [0.3, 0.4) is 0 Å². The van der Waals surface area contributed by atoms with E-state index in [2.05, 4.69) is 32.0 Å². The molecule has 1 rings (SSSR count). The van der Waals surface area contributed by atoms with Crippen molar-refractivity contribution in [1.82, 2.24) is 4.90 Å². The predicted molar refractivity (Wildman–Crippen MR) is 72.1 cm³/mol. The fraction of sp³-hybridized carbons (Fsp3) is 0.467. The van der Waals surface area contributed by atoms with Crippen molar-refractivity contribution >= 4 is 5.91 Å². The Bertz CT molecular complexity index is 460. The molecule has 0 aliphatic rings. The summed E-state index contributed by atoms with van der Waals surface area (Å²) in [6.45, 7) is 4.89. The van der Waals surface area contributed by atoms with Gasteiger partial charge >= 0.3 is 0 Å². The van der Waals surface area contributed by atoms with E-state index in [1.54, 1.807) is 11.9 Å². The number of amides is 1. The lowest BCUT2D eigenvalue weighted by Crippen LogP contribution is -2.28. The van der Waals surface area contributed by atoms with E-state index in [0.717, 1.165) is 6.42 Å². The smallest absolute Gasteiger partial charge is 0.223 e. The lowest BCUT2D eigenvalue weighted by Gasteiger charge is -2.16. The lowest BCUT2D eigenvalue weighted by molar-refractivity contribution is -0.129. The van der Waals surface area contributed by atoms with Gasteiger partial charge in [-0.1, -0.05) is 18.2 Å². The van der Waals surface area contributed by atoms with E-state index in [0.29, 0.717) is 19.4 Å². The fourth-order valence-electron chi connectivity index (χ4n) is 1.73. The molecule has 1 aromatic rings. The summed E-state index contributed by atoms with van der Waals surface area (Å²) in [6.07, 6.45) is 1.47. The van der Waals surface area contributed by atoms with Crippen LogP contribution in [0.1, 0.15) is 29.5 Å². The Morgan fingerprint density at radius 1 is 1.33 bits per heavy atom. The summed E-state index contributed by atoms with van der Waals surface area (Å²) in [6, 6.07) is 8.38. The summed E-state index contributed by atoms with van der Waals surface area (Å²) >= 11 is 0. The van der Waals surface area contributed by atoms with Gasteiger partial charge in [0.25, 0.3) is 0 Å². The first-order valence-corrected chi connectivity index (χ1v) is 6.21. The molecule has 0 spiro atoms. The van der Waals surface area contributed by atoms with Gasteiger partial charge in [-0.25, -0.2) is 0 Å². The molecule has 18 heavy (non-hydrogen) atoms. The summed E-state index contributed by atoms with van der Waals surface area (Å²) in [5, 5.41) is 8.44. The van der Waals surface area contributed by atoms with Gasteiger partial charge in [0, 0.05) is 26.4 Å². The minimum Gasteiger partial charge on any atom is -0.345 e. The van der Waals surface area contributed by atoms with E-state index in [1.165, 1.54) is 16.7 Å². The van der Waals surface area contributed by atoms with E-state index < -0.39 is 0 Å². The van der Waals surface area contributed by atoms with Crippen LogP contribution in [0.4, 0.5) is 0 Å². The molecule has 1 aromatic carbocycles. The summed E-state index contributed by atoms with van der Waals surface area (Å²) in [4.78, 5) is 13.3. The van der Waals surface area contributed by atoms with Gasteiger partial charge < -0.3 is 4.90 Å². The lowest BCUT2D eigenvalue weighted by atomic mass is 10.0. The molecule has 0 heterocycles. The van der Waals surface area contributed by atoms with Crippen molar-refractivity contribution in [3.05, 3.63) is 34.9 Å². The van der Waals surface area contributed by atoms with Gasteiger partial charge in [-0.15, -0.1) is 0 Å². The van der Waals surface area contributed by atoms with Gasteiger partial charge in [0.05, 0.1) is 6.07 Å². The first-order valence-electron chi connectivity index (χ1n) is 6.21. The quantitative estimate of drug-likeness (QED) is 0.799. The zero-order valence-corrected chi connectivity index (χ0v) is 11.4. The number of benzene rings is 1. The molecule has 0 N–H and O–H groups in total. The second kappa shape index (κ2) is 6.80. The van der Waals surface area contributed by atoms with Crippen LogP contribution in [-0.2, 0) is 11.2 Å². The maximum atomic E-state index is 11.6. The molecule has 3 heteroatoms. The van der Waals surface area contributed by atoms with Gasteiger partial charge in [0.1, 0.15) is 0 Å². The maximum Gasteiger partial charge on any atom is 0.223 e. The van der Waals surface area contributed by atoms with Crippen LogP contribution in [0.15, 0.2) is 18.2 Å². The highest BCUT2D eigenvalue weighted by atomic mass is 16.2. The molecule has 0 radical (unpaired) electrons. The van der Waals surface area contributed by atoms with Crippen LogP contribution < -0.4 is 0 Å². The summed E-state index contributed by atoms with van der Waals surface area (Å²) < 4.78 is 0. The third kappa shape index (κ3) is 4.21. The van der Waals surface area contributed by atoms with Crippen molar-refractivity contribution in [1.29, 1.82) is 5.26 Å². The van der Waals surface area contributed by atoms with Gasteiger partial charge in [0.2, 0.25) is 5.91 Å². The Morgan fingerprint density at radius 2 is 2.06 bits per heavy atom. The van der Waals surface area contributed by atoms with Gasteiger partial charge in [-0.2, -0.15) is 5.26 Å². The van der Waals surface area contributed by atoms with Crippen LogP contribution in [0, 0.1) is 25.2 Å². The normalized spacial score (nSPS) is 9.89. The standard InChI is InChI=1S/C15H20N2O/c1-12-6-7-14(11-13(12)2)8-10-17(3)15(18)5-4-9-16/h6-7,11H,4-5,8,10H2,1-3H3. The molecule has 0 aliphatic heterocycles. The first-order chi connectivity index (χ1) is 8.54. The second-order valence-corrected chi connectivity index (χ2v) is 4.64. The van der Waals surface area contributed by atoms with Crippen LogP contribution in [0.5, 0.6) is 0 Å². The van der Waals surface area contributed by atoms with E-state index in [-0.39, 0.29) is 5.91 Å². The maximum absolute atomic E-state index is 11.6. The highest BCUT2D eigenvalue weighted by Gasteiger charge is 2.08. The van der Waals surface area contributed by atoms with Gasteiger partial charge in [0.15, 0.2) is 0 Å². The Kier molecular flexibility index (Phi) is 5.38. The number of hydrogen-bond acceptors (Lipinski definition) is 2. The zero-order valence-electron chi connectivity index (χ0n) is 11.4. The number of nitrogens with zero attached hydrogens (tertiary/aromatic N) is 2. The molecule has 3 nitrogen and oxygen atoms in total. The predicted octanol–water partition coefficient (Wildman–Crippen LogP) is 2.61. The summed E-state index contributed by atoms with van der Waals surface area (Å²) in [7, 11) is 1.79. The number of rotatable bonds is 5. The van der Waals surface area contributed by atoms with E-state index in [4.69, 9.17) is 5.26 Å². The Hall–Kier alpha value is -1.82. The van der Waals surface area contributed by atoms with E-state index in [9.17, 15) is 4.79 Å². The zero-order chi connectivity index (χ0) is 13.5. The molecule has 0 saturated carbocycles. The van der Waals surface area contributed by atoms with Crippen LogP contribution >= 0.6 is 0 Å². The molecule has 0 bridgehead atoms. The van der Waals surface area contributed by atoms with Gasteiger partial charge in [-0.3, -0.25) is 4.79 Å². The third-order valence-electron chi connectivity index (χ3n) is 3.18. The van der Waals surface area contributed by atoms with Crippen molar-refractivity contribution in [3.63, 3.8) is 0 Å². The number of carbonyl (C=O) groups excluding carboxylic acids is 1. The number of likely N-dealkylation sites (N-methyl/N-ethyl adjacent to an activating group) is 1. The van der Waals surface area contributed by atoms with E-state index in [1.807, 2.05) is 6.07 Å². The van der Waals surface area contributed by atoms with E-state index >= 15 is 0 Å². The molecule has 0 atom stereocenters. The molecule has 0 aromatic heterocycles. The third-order valence-corrected chi connectivity index (χ3v) is 3.18. The molecular formula is C15H20N2O. The topological polar surface area (TPSA) is 44.1 Å². The largest absolute Gasteiger partial charge is 0.345 e. The van der Waals surface area contributed by atoms with Crippen molar-refractivity contribution in [2.45, 2.75) is 33.1 Å². The number of carbonyl (C=O) groups is 1. The second-order valence-electron chi connectivity index (χ2n) is 4.64. The van der Waals surface area contributed by atoms with Gasteiger partial charge in [-0.05, 0) is 37.0 Å². The molecular weight excluding hydrogens is 224 g/mol. The van der Waals surface area contributed by atoms with Crippen molar-refractivity contribution in [2.75, 3.05) is 13.6 Å². The Balaban J connectivity index is 2.47. The molecule has 96 valence electrons. The fourth-order valence-corrected chi connectivity index (χ4v) is 1.73. The minimum atomic E-state index is 0.0420. The number of nitriles is 1. The molecule has 1 amide bonds. The van der Waals surface area contributed by atoms with Crippen molar-refractivity contribution in [2.24, 2.45) is 0 Å². The summed E-state index contributed by atoms with van der Waals surface area (Å²) in [5.41, 5.74) is 3.82. The molecule has 0 fully saturated rings. The molecule has 0 aliphatic carbocycles. The average molecular weight is 244 g/mol. The molecule has 0 saturated heterocycles. The van der Waals surface area contributed by atoms with Crippen LogP contribution in [0.25, 0.3) is 0 Å². The van der Waals surface area contributed by atoms with Crippen LogP contribution in [-0.4, -0.2) is 24.4 Å². The highest BCUT2D eigenvalue weighted by Crippen LogP contribution is 2.10.